The lowest BCUT2D eigenvalue weighted by molar-refractivity contribution is 0.0730. The summed E-state index contributed by atoms with van der Waals surface area (Å²) in [5.74, 6) is 0.235. The molecule has 0 bridgehead atoms. The minimum absolute atomic E-state index is 0.0981. The van der Waals surface area contributed by atoms with Crippen LogP contribution in [0.1, 0.15) is 15.9 Å². The summed E-state index contributed by atoms with van der Waals surface area (Å²) < 4.78 is 34.5. The fourth-order valence-electron chi connectivity index (χ4n) is 3.83. The third-order valence-corrected chi connectivity index (χ3v) is 7.63. The van der Waals surface area contributed by atoms with Crippen molar-refractivity contribution >= 4 is 27.4 Å². The number of aryl methyl sites for hydroxylation is 1. The summed E-state index contributed by atoms with van der Waals surface area (Å²) in [7, 11) is -3.70. The average Bonchev–Trinajstić information content (AvgIpc) is 3.29. The molecule has 1 saturated heterocycles. The molecule has 1 N–H and O–H groups in total. The zero-order chi connectivity index (χ0) is 23.7. The summed E-state index contributed by atoms with van der Waals surface area (Å²) in [4.78, 5) is 21.8. The van der Waals surface area contributed by atoms with Crippen LogP contribution in [-0.4, -0.2) is 59.3 Å². The fourth-order valence-corrected chi connectivity index (χ4v) is 5.27. The number of nitrogens with one attached hydrogen (secondary N) is 1. The van der Waals surface area contributed by atoms with E-state index in [0.29, 0.717) is 48.9 Å². The second-order valence-electron chi connectivity index (χ2n) is 7.98. The number of fused-ring (bicyclic) bond motifs is 1. The Morgan fingerprint density at radius 1 is 1.09 bits per heavy atom. The quantitative estimate of drug-likeness (QED) is 0.474. The first-order chi connectivity index (χ1) is 16.4. The number of hydrogen-bond acceptors (Lipinski definition) is 6. The number of aromatic nitrogens is 3. The molecule has 0 saturated carbocycles. The molecule has 1 aliphatic rings. The Morgan fingerprint density at radius 3 is 2.59 bits per heavy atom. The van der Waals surface area contributed by atoms with Gasteiger partial charge in [0.2, 0.25) is 15.8 Å². The van der Waals surface area contributed by atoms with Crippen LogP contribution in [-0.2, 0) is 14.8 Å². The van der Waals surface area contributed by atoms with Crippen LogP contribution in [0.5, 0.6) is 0 Å². The molecular formula is C24H23N5O4S. The first kappa shape index (κ1) is 22.2. The number of anilines is 1. The SMILES string of the molecule is Cc1ccc(S(=O)(=O)N2CCOCC2)cc1C(=O)Nc1ccc(-c2cn3cccnc3n2)cc1. The van der Waals surface area contributed by atoms with Crippen LogP contribution >= 0.6 is 0 Å². The van der Waals surface area contributed by atoms with Crippen LogP contribution in [0.3, 0.4) is 0 Å². The average molecular weight is 478 g/mol. The highest BCUT2D eigenvalue weighted by molar-refractivity contribution is 7.89. The van der Waals surface area contributed by atoms with E-state index in [1.165, 1.54) is 16.4 Å². The predicted octanol–water partition coefficient (Wildman–Crippen LogP) is 2.98. The van der Waals surface area contributed by atoms with E-state index in [9.17, 15) is 13.2 Å². The Labute approximate surface area is 197 Å². The van der Waals surface area contributed by atoms with E-state index in [2.05, 4.69) is 15.3 Å². The highest BCUT2D eigenvalue weighted by Crippen LogP contribution is 2.23. The Kier molecular flexibility index (Phi) is 5.86. The van der Waals surface area contributed by atoms with E-state index >= 15 is 0 Å². The Bertz CT molecular complexity index is 1430. The van der Waals surface area contributed by atoms with Crippen molar-refractivity contribution in [2.24, 2.45) is 0 Å². The van der Waals surface area contributed by atoms with Gasteiger partial charge in [0.15, 0.2) is 0 Å². The minimum atomic E-state index is -3.70. The van der Waals surface area contributed by atoms with E-state index in [1.807, 2.05) is 35.0 Å². The number of rotatable bonds is 5. The second kappa shape index (κ2) is 8.98. The van der Waals surface area contributed by atoms with Gasteiger partial charge in [-0.1, -0.05) is 18.2 Å². The molecule has 0 aliphatic carbocycles. The smallest absolute Gasteiger partial charge is 0.255 e. The summed E-state index contributed by atoms with van der Waals surface area (Å²) >= 11 is 0. The fraction of sp³-hybridized carbons (Fsp3) is 0.208. The summed E-state index contributed by atoms with van der Waals surface area (Å²) in [6.45, 7) is 3.10. The maximum Gasteiger partial charge on any atom is 0.255 e. The topological polar surface area (TPSA) is 106 Å². The first-order valence-electron chi connectivity index (χ1n) is 10.8. The molecule has 2 aromatic heterocycles. The van der Waals surface area contributed by atoms with Crippen LogP contribution in [0, 0.1) is 6.92 Å². The van der Waals surface area contributed by atoms with Crippen LogP contribution in [0.25, 0.3) is 17.0 Å². The number of hydrogen-bond donors (Lipinski definition) is 1. The largest absolute Gasteiger partial charge is 0.379 e. The molecule has 0 spiro atoms. The molecule has 0 radical (unpaired) electrons. The van der Waals surface area contributed by atoms with E-state index in [-0.39, 0.29) is 10.8 Å². The number of amides is 1. The van der Waals surface area contributed by atoms with Crippen molar-refractivity contribution in [1.82, 2.24) is 18.7 Å². The van der Waals surface area contributed by atoms with E-state index in [4.69, 9.17) is 4.74 Å². The van der Waals surface area contributed by atoms with Gasteiger partial charge >= 0.3 is 0 Å². The lowest BCUT2D eigenvalue weighted by Gasteiger charge is -2.26. The van der Waals surface area contributed by atoms with Crippen molar-refractivity contribution in [3.05, 3.63) is 78.2 Å². The van der Waals surface area contributed by atoms with Crippen molar-refractivity contribution < 1.29 is 17.9 Å². The van der Waals surface area contributed by atoms with Crippen LogP contribution in [0.15, 0.2) is 72.0 Å². The van der Waals surface area contributed by atoms with Crippen molar-refractivity contribution in [2.45, 2.75) is 11.8 Å². The Hall–Kier alpha value is -3.60. The molecule has 9 nitrogen and oxygen atoms in total. The highest BCUT2D eigenvalue weighted by Gasteiger charge is 2.27. The molecule has 34 heavy (non-hydrogen) atoms. The zero-order valence-corrected chi connectivity index (χ0v) is 19.3. The number of imidazole rings is 1. The van der Waals surface area contributed by atoms with Crippen molar-refractivity contribution in [3.63, 3.8) is 0 Å². The highest BCUT2D eigenvalue weighted by atomic mass is 32.2. The number of sulfonamides is 1. The second-order valence-corrected chi connectivity index (χ2v) is 9.92. The lowest BCUT2D eigenvalue weighted by Crippen LogP contribution is -2.40. The predicted molar refractivity (Wildman–Crippen MR) is 127 cm³/mol. The first-order valence-corrected chi connectivity index (χ1v) is 12.3. The van der Waals surface area contributed by atoms with Gasteiger partial charge in [-0.05, 0) is 42.8 Å². The molecule has 1 fully saturated rings. The number of carbonyl (C=O) groups excluding carboxylic acids is 1. The molecule has 1 aliphatic heterocycles. The van der Waals surface area contributed by atoms with E-state index in [1.54, 1.807) is 31.3 Å². The molecule has 1 amide bonds. The summed E-state index contributed by atoms with van der Waals surface area (Å²) in [5.41, 5.74) is 3.25. The molecule has 0 unspecified atom stereocenters. The van der Waals surface area contributed by atoms with Gasteiger partial charge in [-0.25, -0.2) is 18.4 Å². The molecule has 4 aromatic rings. The van der Waals surface area contributed by atoms with Gasteiger partial charge in [-0.2, -0.15) is 4.31 Å². The monoisotopic (exact) mass is 477 g/mol. The van der Waals surface area contributed by atoms with E-state index in [0.717, 1.165) is 11.3 Å². The van der Waals surface area contributed by atoms with Crippen molar-refractivity contribution in [2.75, 3.05) is 31.6 Å². The van der Waals surface area contributed by atoms with E-state index < -0.39 is 10.0 Å². The zero-order valence-electron chi connectivity index (χ0n) is 18.5. The summed E-state index contributed by atoms with van der Waals surface area (Å²) in [5, 5.41) is 2.86. The maximum absolute atomic E-state index is 13.0. The van der Waals surface area contributed by atoms with Gasteiger partial charge in [0, 0.05) is 48.5 Å². The van der Waals surface area contributed by atoms with Crippen molar-refractivity contribution in [3.8, 4) is 11.3 Å². The van der Waals surface area contributed by atoms with Crippen LogP contribution < -0.4 is 5.32 Å². The standard InChI is InChI=1S/C24H23N5O4S/c1-17-3-8-20(34(31,32)29-11-13-33-14-12-29)15-21(17)23(30)26-19-6-4-18(5-7-19)22-16-28-10-2-9-25-24(28)27-22/h2-10,15-16H,11-14H2,1H3,(H,26,30). The van der Waals surface area contributed by atoms with Gasteiger partial charge in [0.05, 0.1) is 23.8 Å². The molecule has 0 atom stereocenters. The molecule has 10 heteroatoms. The summed E-state index contributed by atoms with van der Waals surface area (Å²) in [6, 6.07) is 13.8. The van der Waals surface area contributed by atoms with Gasteiger partial charge < -0.3 is 10.1 Å². The van der Waals surface area contributed by atoms with Gasteiger partial charge in [0.1, 0.15) is 0 Å². The van der Waals surface area contributed by atoms with Crippen LogP contribution in [0.2, 0.25) is 0 Å². The van der Waals surface area contributed by atoms with Gasteiger partial charge in [0.25, 0.3) is 5.91 Å². The minimum Gasteiger partial charge on any atom is -0.379 e. The number of morpholine rings is 1. The van der Waals surface area contributed by atoms with Crippen molar-refractivity contribution in [1.29, 1.82) is 0 Å². The van der Waals surface area contributed by atoms with Gasteiger partial charge in [-0.3, -0.25) is 9.20 Å². The Morgan fingerprint density at radius 2 is 1.85 bits per heavy atom. The third kappa shape index (κ3) is 4.30. The number of nitrogens with zero attached hydrogens (tertiary/aromatic N) is 4. The molecule has 2 aromatic carbocycles. The molecule has 5 rings (SSSR count). The molecular weight excluding hydrogens is 454 g/mol. The maximum atomic E-state index is 13.0. The third-order valence-electron chi connectivity index (χ3n) is 5.74. The Balaban J connectivity index is 1.35. The summed E-state index contributed by atoms with van der Waals surface area (Å²) in [6.07, 6.45) is 5.46. The number of benzene rings is 2. The lowest BCUT2D eigenvalue weighted by atomic mass is 10.1. The van der Waals surface area contributed by atoms with Crippen LogP contribution in [0.4, 0.5) is 5.69 Å². The number of ether oxygens (including phenoxy) is 1. The van der Waals surface area contributed by atoms with Gasteiger partial charge in [-0.15, -0.1) is 0 Å². The normalized spacial score (nSPS) is 14.9. The molecule has 3 heterocycles. The number of carbonyl (C=O) groups is 1. The molecule has 174 valence electrons.